The van der Waals surface area contributed by atoms with Crippen LogP contribution in [0.5, 0.6) is 0 Å². The van der Waals surface area contributed by atoms with Crippen LogP contribution in [-0.2, 0) is 17.5 Å². The van der Waals surface area contributed by atoms with Gasteiger partial charge >= 0.3 is 6.18 Å². The van der Waals surface area contributed by atoms with E-state index in [2.05, 4.69) is 5.29 Å². The van der Waals surface area contributed by atoms with Crippen LogP contribution in [0.15, 0.2) is 29.6 Å². The molecule has 0 aliphatic heterocycles. The first-order chi connectivity index (χ1) is 9.05. The van der Waals surface area contributed by atoms with Crippen molar-refractivity contribution in [2.24, 2.45) is 10.7 Å². The first-order valence-electron chi connectivity index (χ1n) is 5.87. The number of carbonyl (C=O) groups is 1. The van der Waals surface area contributed by atoms with Crippen molar-refractivity contribution in [3.8, 4) is 0 Å². The van der Waals surface area contributed by atoms with Gasteiger partial charge < -0.3 is 0 Å². The van der Waals surface area contributed by atoms with Gasteiger partial charge in [0.25, 0.3) is 5.91 Å². The molecule has 1 amide bonds. The van der Waals surface area contributed by atoms with Crippen molar-refractivity contribution >= 4 is 5.91 Å². The molecule has 1 aromatic carbocycles. The van der Waals surface area contributed by atoms with E-state index < -0.39 is 23.1 Å². The summed E-state index contributed by atoms with van der Waals surface area (Å²) >= 11 is 0. The summed E-state index contributed by atoms with van der Waals surface area (Å²) in [5, 5.41) is 3.34. The normalized spacial score (nSPS) is 12.1. The van der Waals surface area contributed by atoms with Crippen LogP contribution in [0.4, 0.5) is 13.2 Å². The van der Waals surface area contributed by atoms with Crippen molar-refractivity contribution in [1.29, 1.82) is 0 Å². The minimum atomic E-state index is -4.41. The molecule has 0 radical (unpaired) electrons. The number of rotatable bonds is 3. The largest absolute Gasteiger partial charge is 0.416 e. The fourth-order valence-electron chi connectivity index (χ4n) is 1.50. The summed E-state index contributed by atoms with van der Waals surface area (Å²) in [5.41, 5.74) is -1.18. The van der Waals surface area contributed by atoms with E-state index in [0.717, 1.165) is 12.1 Å². The molecule has 0 unspecified atom stereocenters. The molecule has 0 aliphatic carbocycles. The summed E-state index contributed by atoms with van der Waals surface area (Å²) in [5.74, 6) is -0.493. The Hall–Kier alpha value is -1.92. The lowest BCUT2D eigenvalue weighted by molar-refractivity contribution is -0.140. The van der Waals surface area contributed by atoms with E-state index in [1.807, 2.05) is 0 Å². The Morgan fingerprint density at radius 2 is 1.65 bits per heavy atom. The molecule has 20 heavy (non-hydrogen) atoms. The minimum absolute atomic E-state index is 0.155. The van der Waals surface area contributed by atoms with Crippen LogP contribution in [0.1, 0.15) is 31.9 Å². The molecule has 0 saturated heterocycles. The van der Waals surface area contributed by atoms with Gasteiger partial charge in [-0.3, -0.25) is 4.79 Å². The fraction of sp³-hybridized carbons (Fsp3) is 0.462. The highest BCUT2D eigenvalue weighted by Gasteiger charge is 2.31. The van der Waals surface area contributed by atoms with Gasteiger partial charge in [0.05, 0.1) is 17.4 Å². The maximum Gasteiger partial charge on any atom is 0.416 e. The van der Waals surface area contributed by atoms with E-state index in [4.69, 9.17) is 0 Å². The zero-order valence-corrected chi connectivity index (χ0v) is 11.4. The average molecular weight is 288 g/mol. The van der Waals surface area contributed by atoms with E-state index in [1.54, 1.807) is 20.8 Å². The van der Waals surface area contributed by atoms with E-state index in [0.29, 0.717) is 10.6 Å². The van der Waals surface area contributed by atoms with Crippen molar-refractivity contribution in [3.63, 3.8) is 0 Å². The standard InChI is InChI=1S/C13H15F3N2O2/c1-12(2,3)11(19)18(17-20)8-9-4-6-10(7-5-9)13(14,15)16/h4-7H,8H2,1-3H3. The summed E-state index contributed by atoms with van der Waals surface area (Å²) in [4.78, 5) is 22.6. The van der Waals surface area contributed by atoms with Gasteiger partial charge in [-0.15, -0.1) is 4.91 Å². The van der Waals surface area contributed by atoms with E-state index >= 15 is 0 Å². The smallest absolute Gasteiger partial charge is 0.272 e. The third-order valence-corrected chi connectivity index (χ3v) is 2.59. The van der Waals surface area contributed by atoms with Crippen molar-refractivity contribution in [1.82, 2.24) is 5.01 Å². The monoisotopic (exact) mass is 288 g/mol. The molecule has 0 heterocycles. The predicted octanol–water partition coefficient (Wildman–Crippen LogP) is 3.76. The number of alkyl halides is 3. The number of halogens is 3. The van der Waals surface area contributed by atoms with Crippen LogP contribution < -0.4 is 0 Å². The number of carbonyl (C=O) groups excluding carboxylic acids is 1. The Morgan fingerprint density at radius 1 is 1.15 bits per heavy atom. The number of nitroso groups, excluding NO2 is 1. The maximum absolute atomic E-state index is 12.4. The lowest BCUT2D eigenvalue weighted by Crippen LogP contribution is -2.35. The third kappa shape index (κ3) is 4.04. The van der Waals surface area contributed by atoms with Crippen LogP contribution in [0.25, 0.3) is 0 Å². The fourth-order valence-corrected chi connectivity index (χ4v) is 1.50. The molecular weight excluding hydrogens is 273 g/mol. The Labute approximate surface area is 114 Å². The molecule has 0 aromatic heterocycles. The van der Waals surface area contributed by atoms with Crippen molar-refractivity contribution < 1.29 is 18.0 Å². The number of amides is 1. The summed E-state index contributed by atoms with van der Waals surface area (Å²) in [6.07, 6.45) is -4.41. The predicted molar refractivity (Wildman–Crippen MR) is 67.2 cm³/mol. The van der Waals surface area contributed by atoms with E-state index in [1.165, 1.54) is 12.1 Å². The Kier molecular flexibility index (Phi) is 4.52. The van der Waals surface area contributed by atoms with Crippen LogP contribution in [-0.4, -0.2) is 10.9 Å². The maximum atomic E-state index is 12.4. The second-order valence-electron chi connectivity index (χ2n) is 5.39. The molecular formula is C13H15F3N2O2. The molecule has 0 N–H and O–H groups in total. The second kappa shape index (κ2) is 5.60. The van der Waals surface area contributed by atoms with Gasteiger partial charge in [0.15, 0.2) is 0 Å². The molecule has 0 aliphatic rings. The van der Waals surface area contributed by atoms with Gasteiger partial charge in [-0.25, -0.2) is 0 Å². The number of benzene rings is 1. The summed E-state index contributed by atoms with van der Waals surface area (Å²) in [7, 11) is 0. The first kappa shape index (κ1) is 16.1. The molecule has 1 aromatic rings. The lowest BCUT2D eigenvalue weighted by atomic mass is 9.95. The Morgan fingerprint density at radius 3 is 2.00 bits per heavy atom. The molecule has 110 valence electrons. The van der Waals surface area contributed by atoms with E-state index in [9.17, 15) is 22.9 Å². The lowest BCUT2D eigenvalue weighted by Gasteiger charge is -2.22. The van der Waals surface area contributed by atoms with Gasteiger partial charge in [0, 0.05) is 5.41 Å². The summed E-state index contributed by atoms with van der Waals surface area (Å²) in [6.45, 7) is 4.72. The first-order valence-corrected chi connectivity index (χ1v) is 5.87. The van der Waals surface area contributed by atoms with Crippen molar-refractivity contribution in [2.75, 3.05) is 0 Å². The SMILES string of the molecule is CC(C)(C)C(=O)N(Cc1ccc(C(F)(F)F)cc1)N=O. The van der Waals surface area contributed by atoms with Gasteiger partial charge in [-0.2, -0.15) is 18.2 Å². The quantitative estimate of drug-likeness (QED) is 0.628. The molecule has 0 atom stereocenters. The van der Waals surface area contributed by atoms with Crippen molar-refractivity contribution in [2.45, 2.75) is 33.5 Å². The number of hydrogen-bond acceptors (Lipinski definition) is 3. The van der Waals surface area contributed by atoms with Crippen LogP contribution in [0.3, 0.4) is 0 Å². The molecule has 0 fully saturated rings. The van der Waals surface area contributed by atoms with Crippen LogP contribution >= 0.6 is 0 Å². The molecule has 7 heteroatoms. The van der Waals surface area contributed by atoms with E-state index in [-0.39, 0.29) is 6.54 Å². The zero-order valence-electron chi connectivity index (χ0n) is 11.4. The number of nitrogens with zero attached hydrogens (tertiary/aromatic N) is 2. The molecule has 0 bridgehead atoms. The molecule has 1 rings (SSSR count). The highest BCUT2D eigenvalue weighted by Crippen LogP contribution is 2.29. The highest BCUT2D eigenvalue weighted by molar-refractivity contribution is 5.81. The highest BCUT2D eigenvalue weighted by atomic mass is 19.4. The van der Waals surface area contributed by atoms with Gasteiger partial charge in [-0.1, -0.05) is 32.9 Å². The molecule has 4 nitrogen and oxygen atoms in total. The average Bonchev–Trinajstić information content (AvgIpc) is 2.33. The number of hydrogen-bond donors (Lipinski definition) is 0. The molecule has 0 spiro atoms. The topological polar surface area (TPSA) is 49.7 Å². The van der Waals surface area contributed by atoms with Crippen LogP contribution in [0.2, 0.25) is 0 Å². The summed E-state index contributed by atoms with van der Waals surface area (Å²) < 4.78 is 37.2. The Bertz CT molecular complexity index is 490. The van der Waals surface area contributed by atoms with Gasteiger partial charge in [0.2, 0.25) is 0 Å². The van der Waals surface area contributed by atoms with Crippen LogP contribution in [0, 0.1) is 10.3 Å². The molecule has 0 saturated carbocycles. The Balaban J connectivity index is 2.87. The third-order valence-electron chi connectivity index (χ3n) is 2.59. The zero-order chi connectivity index (χ0) is 15.6. The van der Waals surface area contributed by atoms with Gasteiger partial charge in [-0.05, 0) is 17.7 Å². The minimum Gasteiger partial charge on any atom is -0.272 e. The second-order valence-corrected chi connectivity index (χ2v) is 5.39. The van der Waals surface area contributed by atoms with Gasteiger partial charge in [0.1, 0.15) is 0 Å². The van der Waals surface area contributed by atoms with Crippen molar-refractivity contribution in [3.05, 3.63) is 40.3 Å². The summed E-state index contributed by atoms with van der Waals surface area (Å²) in [6, 6.07) is 4.24.